The van der Waals surface area contributed by atoms with Gasteiger partial charge in [0.1, 0.15) is 6.54 Å². The summed E-state index contributed by atoms with van der Waals surface area (Å²) in [5.74, 6) is -0.0258. The number of carbonyl (C=O) groups excluding carboxylic acids is 1. The third kappa shape index (κ3) is 2.73. The Hall–Kier alpha value is -2.89. The van der Waals surface area contributed by atoms with Gasteiger partial charge >= 0.3 is 0 Å². The summed E-state index contributed by atoms with van der Waals surface area (Å²) >= 11 is 0. The van der Waals surface area contributed by atoms with Crippen LogP contribution in [0, 0.1) is 0 Å². The summed E-state index contributed by atoms with van der Waals surface area (Å²) in [4.78, 5) is 31.3. The van der Waals surface area contributed by atoms with E-state index in [1.54, 1.807) is 0 Å². The average molecular weight is 336 g/mol. The SMILES string of the molecule is Cn1cccc1C1CCCN1C(=O)Cn1c(=O)cnc2ccccc21. The molecule has 3 heterocycles. The number of benzene rings is 1. The molecule has 3 aromatic rings. The molecule has 25 heavy (non-hydrogen) atoms. The Morgan fingerprint density at radius 1 is 1.24 bits per heavy atom. The van der Waals surface area contributed by atoms with E-state index in [2.05, 4.69) is 15.6 Å². The van der Waals surface area contributed by atoms with Crippen LogP contribution in [0.25, 0.3) is 11.0 Å². The molecule has 128 valence electrons. The highest BCUT2D eigenvalue weighted by molar-refractivity contribution is 5.80. The molecule has 0 aliphatic carbocycles. The van der Waals surface area contributed by atoms with Crippen LogP contribution < -0.4 is 5.56 Å². The summed E-state index contributed by atoms with van der Waals surface area (Å²) in [6, 6.07) is 11.5. The molecule has 6 nitrogen and oxygen atoms in total. The van der Waals surface area contributed by atoms with Crippen LogP contribution in [0.15, 0.2) is 53.6 Å². The number of likely N-dealkylation sites (tertiary alicyclic amines) is 1. The Morgan fingerprint density at radius 2 is 2.08 bits per heavy atom. The number of aromatic nitrogens is 3. The maximum atomic E-state index is 13.0. The second-order valence-electron chi connectivity index (χ2n) is 6.46. The van der Waals surface area contributed by atoms with Crippen LogP contribution in [0.4, 0.5) is 0 Å². The molecule has 0 saturated carbocycles. The first kappa shape index (κ1) is 15.6. The molecule has 2 aromatic heterocycles. The van der Waals surface area contributed by atoms with Crippen LogP contribution >= 0.6 is 0 Å². The first-order valence-electron chi connectivity index (χ1n) is 8.50. The van der Waals surface area contributed by atoms with Gasteiger partial charge in [0.05, 0.1) is 23.3 Å². The van der Waals surface area contributed by atoms with E-state index in [9.17, 15) is 9.59 Å². The largest absolute Gasteiger partial charge is 0.353 e. The van der Waals surface area contributed by atoms with Crippen molar-refractivity contribution in [3.05, 3.63) is 64.8 Å². The fraction of sp³-hybridized carbons (Fsp3) is 0.316. The highest BCUT2D eigenvalue weighted by Crippen LogP contribution is 2.32. The summed E-state index contributed by atoms with van der Waals surface area (Å²) in [5, 5.41) is 0. The highest BCUT2D eigenvalue weighted by atomic mass is 16.2. The van der Waals surface area contributed by atoms with Crippen molar-refractivity contribution in [2.75, 3.05) is 6.54 Å². The van der Waals surface area contributed by atoms with Crippen molar-refractivity contribution in [2.24, 2.45) is 7.05 Å². The molecule has 6 heteroatoms. The smallest absolute Gasteiger partial charge is 0.269 e. The van der Waals surface area contributed by atoms with Crippen molar-refractivity contribution in [3.63, 3.8) is 0 Å². The third-order valence-electron chi connectivity index (χ3n) is 4.94. The number of para-hydroxylation sites is 2. The maximum absolute atomic E-state index is 13.0. The maximum Gasteiger partial charge on any atom is 0.269 e. The van der Waals surface area contributed by atoms with Crippen molar-refractivity contribution in [3.8, 4) is 0 Å². The molecule has 1 fully saturated rings. The summed E-state index contributed by atoms with van der Waals surface area (Å²) < 4.78 is 3.58. The van der Waals surface area contributed by atoms with Crippen LogP contribution in [0.5, 0.6) is 0 Å². The molecule has 1 atom stereocenters. The fourth-order valence-electron chi connectivity index (χ4n) is 3.70. The average Bonchev–Trinajstić information content (AvgIpc) is 3.25. The van der Waals surface area contributed by atoms with Crippen molar-refractivity contribution in [1.29, 1.82) is 0 Å². The summed E-state index contributed by atoms with van der Waals surface area (Å²) in [6.07, 6.45) is 5.22. The molecule has 1 aliphatic rings. The highest BCUT2D eigenvalue weighted by Gasteiger charge is 2.31. The molecule has 1 aromatic carbocycles. The molecule has 0 bridgehead atoms. The third-order valence-corrected chi connectivity index (χ3v) is 4.94. The van der Waals surface area contributed by atoms with Crippen LogP contribution in [0.3, 0.4) is 0 Å². The Balaban J connectivity index is 1.65. The number of carbonyl (C=O) groups is 1. The van der Waals surface area contributed by atoms with E-state index in [1.807, 2.05) is 48.5 Å². The molecule has 0 radical (unpaired) electrons. The lowest BCUT2D eigenvalue weighted by Gasteiger charge is -2.26. The minimum absolute atomic E-state index is 0.0258. The standard InChI is InChI=1S/C19H20N4O2/c1-21-10-4-8-16(21)17-9-5-11-22(17)19(25)13-23-15-7-3-2-6-14(15)20-12-18(23)24/h2-4,6-8,10,12,17H,5,9,11,13H2,1H3. The Bertz CT molecular complexity index is 988. The lowest BCUT2D eigenvalue weighted by Crippen LogP contribution is -2.36. The molecule has 0 spiro atoms. The summed E-state index contributed by atoms with van der Waals surface area (Å²) in [7, 11) is 2.00. The van der Waals surface area contributed by atoms with E-state index >= 15 is 0 Å². The lowest BCUT2D eigenvalue weighted by molar-refractivity contribution is -0.132. The predicted octanol–water partition coefficient (Wildman–Crippen LogP) is 2.10. The van der Waals surface area contributed by atoms with Gasteiger partial charge in [0.25, 0.3) is 5.56 Å². The number of aryl methyl sites for hydroxylation is 1. The van der Waals surface area contributed by atoms with Crippen LogP contribution in [-0.4, -0.2) is 31.5 Å². The van der Waals surface area contributed by atoms with Crippen LogP contribution in [0.2, 0.25) is 0 Å². The van der Waals surface area contributed by atoms with Crippen molar-refractivity contribution < 1.29 is 4.79 Å². The predicted molar refractivity (Wildman–Crippen MR) is 95.1 cm³/mol. The topological polar surface area (TPSA) is 60.1 Å². The molecule has 1 aliphatic heterocycles. The number of fused-ring (bicyclic) bond motifs is 1. The molecular formula is C19H20N4O2. The Labute approximate surface area is 145 Å². The second-order valence-corrected chi connectivity index (χ2v) is 6.46. The van der Waals surface area contributed by atoms with Gasteiger partial charge in [-0.05, 0) is 37.1 Å². The van der Waals surface area contributed by atoms with Gasteiger partial charge < -0.3 is 9.47 Å². The van der Waals surface area contributed by atoms with Crippen molar-refractivity contribution in [1.82, 2.24) is 19.0 Å². The zero-order chi connectivity index (χ0) is 17.4. The minimum atomic E-state index is -0.248. The zero-order valence-electron chi connectivity index (χ0n) is 14.1. The van der Waals surface area contributed by atoms with Crippen molar-refractivity contribution >= 4 is 16.9 Å². The molecular weight excluding hydrogens is 316 g/mol. The normalized spacial score (nSPS) is 17.3. The van der Waals surface area contributed by atoms with Gasteiger partial charge in [-0.1, -0.05) is 12.1 Å². The first-order valence-corrected chi connectivity index (χ1v) is 8.50. The van der Waals surface area contributed by atoms with Gasteiger partial charge in [0.15, 0.2) is 0 Å². The second kappa shape index (κ2) is 6.20. The zero-order valence-corrected chi connectivity index (χ0v) is 14.1. The van der Waals surface area contributed by atoms with Gasteiger partial charge in [0.2, 0.25) is 5.91 Å². The number of amides is 1. The Kier molecular flexibility index (Phi) is 3.87. The van der Waals surface area contributed by atoms with Gasteiger partial charge in [-0.15, -0.1) is 0 Å². The molecule has 4 rings (SSSR count). The number of nitrogens with zero attached hydrogens (tertiary/aromatic N) is 4. The minimum Gasteiger partial charge on any atom is -0.353 e. The van der Waals surface area contributed by atoms with Gasteiger partial charge in [-0.3, -0.25) is 14.2 Å². The quantitative estimate of drug-likeness (QED) is 0.736. The van der Waals surface area contributed by atoms with E-state index in [0.29, 0.717) is 5.52 Å². The summed E-state index contributed by atoms with van der Waals surface area (Å²) in [6.45, 7) is 0.773. The van der Waals surface area contributed by atoms with Gasteiger partial charge in [-0.25, -0.2) is 4.98 Å². The summed E-state index contributed by atoms with van der Waals surface area (Å²) in [5.41, 5.74) is 2.30. The molecule has 1 amide bonds. The van der Waals surface area contributed by atoms with Crippen molar-refractivity contribution in [2.45, 2.75) is 25.4 Å². The number of rotatable bonds is 3. The van der Waals surface area contributed by atoms with E-state index in [4.69, 9.17) is 0 Å². The van der Waals surface area contributed by atoms with Crippen LogP contribution in [0.1, 0.15) is 24.6 Å². The monoisotopic (exact) mass is 336 g/mol. The number of hydrogen-bond donors (Lipinski definition) is 0. The van der Waals surface area contributed by atoms with E-state index < -0.39 is 0 Å². The van der Waals surface area contributed by atoms with E-state index in [0.717, 1.165) is 30.6 Å². The first-order chi connectivity index (χ1) is 12.1. The fourth-order valence-corrected chi connectivity index (χ4v) is 3.70. The molecule has 0 N–H and O–H groups in total. The van der Waals surface area contributed by atoms with Gasteiger partial charge in [-0.2, -0.15) is 0 Å². The van der Waals surface area contributed by atoms with E-state index in [1.165, 1.54) is 10.8 Å². The molecule has 1 unspecified atom stereocenters. The lowest BCUT2D eigenvalue weighted by atomic mass is 10.1. The van der Waals surface area contributed by atoms with Gasteiger partial charge in [0, 0.05) is 25.5 Å². The Morgan fingerprint density at radius 3 is 2.88 bits per heavy atom. The van der Waals surface area contributed by atoms with Crippen LogP contribution in [-0.2, 0) is 18.4 Å². The molecule has 1 saturated heterocycles. The number of hydrogen-bond acceptors (Lipinski definition) is 3. The van der Waals surface area contributed by atoms with E-state index in [-0.39, 0.29) is 24.1 Å².